The summed E-state index contributed by atoms with van der Waals surface area (Å²) in [6.07, 6.45) is 5.21. The number of anilines is 1. The van der Waals surface area contributed by atoms with E-state index in [1.807, 2.05) is 4.52 Å². The molecule has 1 fully saturated rings. The molecule has 3 heterocycles. The van der Waals surface area contributed by atoms with Gasteiger partial charge in [-0.1, -0.05) is 13.8 Å². The fourth-order valence-electron chi connectivity index (χ4n) is 2.94. The Balaban J connectivity index is 1.96. The lowest BCUT2D eigenvalue weighted by atomic mass is 9.85. The second-order valence-corrected chi connectivity index (χ2v) is 6.52. The molecule has 0 bridgehead atoms. The molecule has 0 unspecified atom stereocenters. The summed E-state index contributed by atoms with van der Waals surface area (Å²) in [4.78, 5) is 11.1. The number of hydrogen-bond acceptors (Lipinski definition) is 5. The van der Waals surface area contributed by atoms with Crippen molar-refractivity contribution < 1.29 is 4.74 Å². The number of aromatic nitrogens is 4. The first-order chi connectivity index (χ1) is 10.1. The van der Waals surface area contributed by atoms with Gasteiger partial charge >= 0.3 is 0 Å². The number of rotatable bonds is 3. The Labute approximate surface area is 125 Å². The normalized spacial score (nSPS) is 18.9. The zero-order chi connectivity index (χ0) is 14.9. The molecule has 21 heavy (non-hydrogen) atoms. The van der Waals surface area contributed by atoms with E-state index in [4.69, 9.17) is 4.74 Å². The van der Waals surface area contributed by atoms with Gasteiger partial charge in [-0.3, -0.25) is 0 Å². The Bertz CT molecular complexity index is 622. The Kier molecular flexibility index (Phi) is 3.80. The fraction of sp³-hybridized carbons (Fsp3) is 0.667. The number of nitrogens with zero attached hydrogens (tertiary/aromatic N) is 5. The van der Waals surface area contributed by atoms with Crippen molar-refractivity contribution >= 4 is 11.6 Å². The monoisotopic (exact) mass is 289 g/mol. The molecule has 0 amide bonds. The molecule has 2 aromatic rings. The van der Waals surface area contributed by atoms with Gasteiger partial charge in [0, 0.05) is 26.3 Å². The van der Waals surface area contributed by atoms with Gasteiger partial charge in [0.15, 0.2) is 0 Å². The highest BCUT2D eigenvalue weighted by Crippen LogP contribution is 2.31. The summed E-state index contributed by atoms with van der Waals surface area (Å²) < 4.78 is 7.05. The Morgan fingerprint density at radius 3 is 2.95 bits per heavy atom. The summed E-state index contributed by atoms with van der Waals surface area (Å²) in [5, 5.41) is 4.32. The predicted molar refractivity (Wildman–Crippen MR) is 81.3 cm³/mol. The van der Waals surface area contributed by atoms with Gasteiger partial charge in [-0.2, -0.15) is 14.6 Å². The molecule has 6 heteroatoms. The van der Waals surface area contributed by atoms with E-state index >= 15 is 0 Å². The van der Waals surface area contributed by atoms with E-state index in [9.17, 15) is 0 Å². The maximum Gasteiger partial charge on any atom is 0.254 e. The van der Waals surface area contributed by atoms with Gasteiger partial charge in [0.05, 0.1) is 12.3 Å². The molecule has 0 aliphatic carbocycles. The van der Waals surface area contributed by atoms with E-state index in [1.54, 1.807) is 13.4 Å². The molecule has 0 saturated carbocycles. The van der Waals surface area contributed by atoms with Crippen molar-refractivity contribution in [3.63, 3.8) is 0 Å². The summed E-state index contributed by atoms with van der Waals surface area (Å²) in [5.74, 6) is 1.71. The molecule has 1 aliphatic heterocycles. The minimum Gasteiger partial charge on any atom is -0.378 e. The molecule has 1 aliphatic rings. The van der Waals surface area contributed by atoms with E-state index in [2.05, 4.69) is 39.9 Å². The van der Waals surface area contributed by atoms with Crippen LogP contribution in [0.1, 0.15) is 38.8 Å². The molecule has 0 atom stereocenters. The van der Waals surface area contributed by atoms with E-state index in [0.717, 1.165) is 24.6 Å². The first-order valence-corrected chi connectivity index (χ1v) is 7.53. The van der Waals surface area contributed by atoms with Gasteiger partial charge < -0.3 is 9.64 Å². The SMILES string of the molecule is COCc1cc(N2CCCC(C)(C)CC2)n2ncnc2n1. The van der Waals surface area contributed by atoms with Crippen LogP contribution in [0.5, 0.6) is 0 Å². The molecule has 2 aromatic heterocycles. The third-order valence-corrected chi connectivity index (χ3v) is 4.24. The minimum absolute atomic E-state index is 0.415. The highest BCUT2D eigenvalue weighted by molar-refractivity contribution is 5.47. The molecule has 6 nitrogen and oxygen atoms in total. The molecule has 1 saturated heterocycles. The summed E-state index contributed by atoms with van der Waals surface area (Å²) in [7, 11) is 1.68. The first kappa shape index (κ1) is 14.3. The summed E-state index contributed by atoms with van der Waals surface area (Å²) in [6.45, 7) is 7.29. The number of methoxy groups -OCH3 is 1. The van der Waals surface area contributed by atoms with Gasteiger partial charge in [0.25, 0.3) is 5.78 Å². The van der Waals surface area contributed by atoms with Crippen LogP contribution in [0.2, 0.25) is 0 Å². The summed E-state index contributed by atoms with van der Waals surface area (Å²) in [6, 6.07) is 2.07. The zero-order valence-corrected chi connectivity index (χ0v) is 13.0. The fourth-order valence-corrected chi connectivity index (χ4v) is 2.94. The average molecular weight is 289 g/mol. The summed E-state index contributed by atoms with van der Waals surface area (Å²) in [5.41, 5.74) is 1.31. The molecule has 0 aromatic carbocycles. The maximum absolute atomic E-state index is 5.22. The second-order valence-electron chi connectivity index (χ2n) is 6.52. The highest BCUT2D eigenvalue weighted by Gasteiger charge is 2.24. The zero-order valence-electron chi connectivity index (χ0n) is 13.0. The predicted octanol–water partition coefficient (Wildman–Crippen LogP) is 2.29. The highest BCUT2D eigenvalue weighted by atomic mass is 16.5. The molecular formula is C15H23N5O. The van der Waals surface area contributed by atoms with Crippen LogP contribution >= 0.6 is 0 Å². The standard InChI is InChI=1S/C15H23N5O/c1-15(2)5-4-7-19(8-6-15)13-9-12(10-21-3)18-14-16-11-17-20(13)14/h9,11H,4-8,10H2,1-3H3. The lowest BCUT2D eigenvalue weighted by Crippen LogP contribution is -2.27. The molecule has 114 valence electrons. The van der Waals surface area contributed by atoms with E-state index < -0.39 is 0 Å². The van der Waals surface area contributed by atoms with E-state index in [1.165, 1.54) is 19.3 Å². The topological polar surface area (TPSA) is 55.6 Å². The van der Waals surface area contributed by atoms with Crippen LogP contribution in [-0.4, -0.2) is 39.8 Å². The quantitative estimate of drug-likeness (QED) is 0.867. The van der Waals surface area contributed by atoms with Gasteiger partial charge in [-0.05, 0) is 24.7 Å². The number of fused-ring (bicyclic) bond motifs is 1. The largest absolute Gasteiger partial charge is 0.378 e. The first-order valence-electron chi connectivity index (χ1n) is 7.53. The molecule has 0 spiro atoms. The van der Waals surface area contributed by atoms with Crippen molar-refractivity contribution in [2.75, 3.05) is 25.1 Å². The number of hydrogen-bond donors (Lipinski definition) is 0. The van der Waals surface area contributed by atoms with Crippen LogP contribution in [0, 0.1) is 5.41 Å². The van der Waals surface area contributed by atoms with Gasteiger partial charge in [0.2, 0.25) is 0 Å². The van der Waals surface area contributed by atoms with Crippen LogP contribution < -0.4 is 4.90 Å². The van der Waals surface area contributed by atoms with Crippen molar-refractivity contribution in [2.45, 2.75) is 39.7 Å². The molecule has 3 rings (SSSR count). The van der Waals surface area contributed by atoms with Crippen molar-refractivity contribution in [2.24, 2.45) is 5.41 Å². The van der Waals surface area contributed by atoms with Gasteiger partial charge in [-0.15, -0.1) is 0 Å². The van der Waals surface area contributed by atoms with Crippen molar-refractivity contribution in [3.05, 3.63) is 18.1 Å². The Hall–Kier alpha value is -1.69. The van der Waals surface area contributed by atoms with Crippen molar-refractivity contribution in [3.8, 4) is 0 Å². The number of ether oxygens (including phenoxy) is 1. The van der Waals surface area contributed by atoms with E-state index in [0.29, 0.717) is 17.8 Å². The molecule has 0 N–H and O–H groups in total. The van der Waals surface area contributed by atoms with Crippen LogP contribution in [0.15, 0.2) is 12.4 Å². The third kappa shape index (κ3) is 3.00. The summed E-state index contributed by atoms with van der Waals surface area (Å²) >= 11 is 0. The lowest BCUT2D eigenvalue weighted by molar-refractivity contribution is 0.181. The van der Waals surface area contributed by atoms with Gasteiger partial charge in [-0.25, -0.2) is 4.98 Å². The second kappa shape index (κ2) is 5.60. The lowest BCUT2D eigenvalue weighted by Gasteiger charge is -2.25. The van der Waals surface area contributed by atoms with Crippen LogP contribution in [0.25, 0.3) is 5.78 Å². The molecular weight excluding hydrogens is 266 g/mol. The van der Waals surface area contributed by atoms with Crippen molar-refractivity contribution in [1.82, 2.24) is 19.6 Å². The van der Waals surface area contributed by atoms with Crippen molar-refractivity contribution in [1.29, 1.82) is 0 Å². The van der Waals surface area contributed by atoms with Crippen LogP contribution in [-0.2, 0) is 11.3 Å². The Morgan fingerprint density at radius 2 is 2.14 bits per heavy atom. The average Bonchev–Trinajstić information content (AvgIpc) is 2.83. The third-order valence-electron chi connectivity index (χ3n) is 4.24. The minimum atomic E-state index is 0.415. The smallest absolute Gasteiger partial charge is 0.254 e. The molecule has 0 radical (unpaired) electrons. The van der Waals surface area contributed by atoms with Crippen LogP contribution in [0.4, 0.5) is 5.82 Å². The Morgan fingerprint density at radius 1 is 1.29 bits per heavy atom. The van der Waals surface area contributed by atoms with E-state index in [-0.39, 0.29) is 0 Å². The maximum atomic E-state index is 5.22. The van der Waals surface area contributed by atoms with Crippen LogP contribution in [0.3, 0.4) is 0 Å². The van der Waals surface area contributed by atoms with Gasteiger partial charge in [0.1, 0.15) is 12.1 Å².